The van der Waals surface area contributed by atoms with Gasteiger partial charge in [0, 0.05) is 25.1 Å². The lowest BCUT2D eigenvalue weighted by atomic mass is 10.4. The molecule has 0 bridgehead atoms. The summed E-state index contributed by atoms with van der Waals surface area (Å²) in [6.07, 6.45) is 1.86. The van der Waals surface area contributed by atoms with Crippen molar-refractivity contribution in [3.05, 3.63) is 17.7 Å². The minimum Gasteiger partial charge on any atom is -0.366 e. The summed E-state index contributed by atoms with van der Waals surface area (Å²) in [5, 5.41) is 5.37. The van der Waals surface area contributed by atoms with Crippen LogP contribution in [0.5, 0.6) is 0 Å². The van der Waals surface area contributed by atoms with Crippen molar-refractivity contribution >= 4 is 17.5 Å². The van der Waals surface area contributed by atoms with Crippen molar-refractivity contribution in [1.82, 2.24) is 10.3 Å². The Bertz CT molecular complexity index is 478. The van der Waals surface area contributed by atoms with Crippen LogP contribution in [-0.2, 0) is 4.79 Å². The fourth-order valence-corrected chi connectivity index (χ4v) is 1.55. The Balaban J connectivity index is 1.83. The SMILES string of the molecule is NNc1nc(NCCNC(=O)C2CC2)c(F)cc1F. The Morgan fingerprint density at radius 2 is 2.00 bits per heavy atom. The van der Waals surface area contributed by atoms with Gasteiger partial charge in [-0.3, -0.25) is 4.79 Å². The Morgan fingerprint density at radius 1 is 1.32 bits per heavy atom. The lowest BCUT2D eigenvalue weighted by molar-refractivity contribution is -0.122. The number of rotatable bonds is 6. The average Bonchev–Trinajstić information content (AvgIpc) is 3.20. The number of carbonyl (C=O) groups excluding carboxylic acids is 1. The Kier molecular flexibility index (Phi) is 4.10. The lowest BCUT2D eigenvalue weighted by Gasteiger charge is -2.09. The minimum absolute atomic E-state index is 0.0126. The monoisotopic (exact) mass is 271 g/mol. The Hall–Kier alpha value is -1.96. The van der Waals surface area contributed by atoms with E-state index in [0.717, 1.165) is 12.8 Å². The van der Waals surface area contributed by atoms with Crippen molar-refractivity contribution < 1.29 is 13.6 Å². The van der Waals surface area contributed by atoms with Crippen molar-refractivity contribution in [1.29, 1.82) is 0 Å². The van der Waals surface area contributed by atoms with Gasteiger partial charge in [-0.15, -0.1) is 0 Å². The molecule has 8 heteroatoms. The highest BCUT2D eigenvalue weighted by atomic mass is 19.1. The maximum Gasteiger partial charge on any atom is 0.223 e. The van der Waals surface area contributed by atoms with E-state index in [9.17, 15) is 13.6 Å². The number of anilines is 2. The number of pyridine rings is 1. The maximum absolute atomic E-state index is 13.4. The van der Waals surface area contributed by atoms with Crippen LogP contribution in [-0.4, -0.2) is 24.0 Å². The second-order valence-corrected chi connectivity index (χ2v) is 4.29. The number of nitrogen functional groups attached to an aromatic ring is 1. The summed E-state index contributed by atoms with van der Waals surface area (Å²) in [6.45, 7) is 0.636. The quantitative estimate of drug-likeness (QED) is 0.345. The van der Waals surface area contributed by atoms with E-state index in [2.05, 4.69) is 15.6 Å². The molecule has 19 heavy (non-hydrogen) atoms. The zero-order valence-electron chi connectivity index (χ0n) is 10.2. The van der Waals surface area contributed by atoms with Gasteiger partial charge in [-0.1, -0.05) is 0 Å². The van der Waals surface area contributed by atoms with Gasteiger partial charge in [0.2, 0.25) is 5.91 Å². The molecule has 0 aromatic carbocycles. The number of hydrogen-bond acceptors (Lipinski definition) is 5. The van der Waals surface area contributed by atoms with E-state index < -0.39 is 11.6 Å². The van der Waals surface area contributed by atoms with Crippen molar-refractivity contribution in [2.75, 3.05) is 23.8 Å². The van der Waals surface area contributed by atoms with Gasteiger partial charge in [-0.25, -0.2) is 19.6 Å². The second-order valence-electron chi connectivity index (χ2n) is 4.29. The molecule has 1 saturated carbocycles. The number of nitrogens with one attached hydrogen (secondary N) is 3. The van der Waals surface area contributed by atoms with Gasteiger partial charge in [-0.2, -0.15) is 0 Å². The maximum atomic E-state index is 13.4. The Labute approximate surface area is 108 Å². The average molecular weight is 271 g/mol. The first-order valence-electron chi connectivity index (χ1n) is 5.96. The molecular formula is C11H15F2N5O. The molecule has 1 heterocycles. The second kappa shape index (κ2) is 5.79. The van der Waals surface area contributed by atoms with Gasteiger partial charge in [-0.05, 0) is 12.8 Å². The molecule has 1 fully saturated rings. The number of aromatic nitrogens is 1. The highest BCUT2D eigenvalue weighted by Gasteiger charge is 2.28. The van der Waals surface area contributed by atoms with E-state index in [1.807, 2.05) is 5.43 Å². The normalized spacial score (nSPS) is 14.1. The number of carbonyl (C=O) groups is 1. The van der Waals surface area contributed by atoms with Crippen LogP contribution >= 0.6 is 0 Å². The molecule has 0 radical (unpaired) electrons. The third-order valence-corrected chi connectivity index (χ3v) is 2.73. The van der Waals surface area contributed by atoms with Crippen molar-refractivity contribution in [3.63, 3.8) is 0 Å². The molecule has 104 valence electrons. The number of amides is 1. The van der Waals surface area contributed by atoms with Gasteiger partial charge >= 0.3 is 0 Å². The fourth-order valence-electron chi connectivity index (χ4n) is 1.55. The molecule has 1 aliphatic carbocycles. The van der Waals surface area contributed by atoms with Crippen LogP contribution in [0.15, 0.2) is 6.07 Å². The van der Waals surface area contributed by atoms with Gasteiger partial charge in [0.15, 0.2) is 23.3 Å². The molecule has 1 aromatic rings. The summed E-state index contributed by atoms with van der Waals surface area (Å²) in [4.78, 5) is 15.0. The van der Waals surface area contributed by atoms with E-state index in [0.29, 0.717) is 12.6 Å². The summed E-state index contributed by atoms with van der Waals surface area (Å²) >= 11 is 0. The number of halogens is 2. The minimum atomic E-state index is -0.868. The van der Waals surface area contributed by atoms with Gasteiger partial charge in [0.1, 0.15) is 0 Å². The first-order valence-corrected chi connectivity index (χ1v) is 5.96. The molecule has 0 unspecified atom stereocenters. The third kappa shape index (κ3) is 3.50. The molecule has 2 rings (SSSR count). The van der Waals surface area contributed by atoms with E-state index in [-0.39, 0.29) is 30.0 Å². The highest BCUT2D eigenvalue weighted by molar-refractivity contribution is 5.80. The van der Waals surface area contributed by atoms with E-state index >= 15 is 0 Å². The van der Waals surface area contributed by atoms with Gasteiger partial charge in [0.05, 0.1) is 0 Å². The van der Waals surface area contributed by atoms with Gasteiger partial charge < -0.3 is 16.1 Å². The zero-order chi connectivity index (χ0) is 13.8. The molecule has 0 atom stereocenters. The van der Waals surface area contributed by atoms with E-state index in [1.165, 1.54) is 0 Å². The first kappa shape index (κ1) is 13.5. The number of nitrogens with zero attached hydrogens (tertiary/aromatic N) is 1. The standard InChI is InChI=1S/C11H15F2N5O/c12-7-5-8(13)10(18-14)17-9(7)15-3-4-16-11(19)6-1-2-6/h5-6H,1-4,14H2,(H,16,19)(H2,15,17,18). The number of hydrazine groups is 1. The Morgan fingerprint density at radius 3 is 2.63 bits per heavy atom. The van der Waals surface area contributed by atoms with E-state index in [1.54, 1.807) is 0 Å². The summed E-state index contributed by atoms with van der Waals surface area (Å²) < 4.78 is 26.5. The lowest BCUT2D eigenvalue weighted by Crippen LogP contribution is -2.30. The predicted octanol–water partition coefficient (Wildman–Crippen LogP) is 0.583. The van der Waals surface area contributed by atoms with Crippen LogP contribution in [0.2, 0.25) is 0 Å². The van der Waals surface area contributed by atoms with Crippen molar-refractivity contribution in [3.8, 4) is 0 Å². The molecule has 5 N–H and O–H groups in total. The molecule has 1 aromatic heterocycles. The highest BCUT2D eigenvalue weighted by Crippen LogP contribution is 2.28. The van der Waals surface area contributed by atoms with Crippen molar-refractivity contribution in [2.45, 2.75) is 12.8 Å². The first-order chi connectivity index (χ1) is 9.11. The molecule has 0 spiro atoms. The smallest absolute Gasteiger partial charge is 0.223 e. The molecule has 0 aliphatic heterocycles. The van der Waals surface area contributed by atoms with Crippen LogP contribution in [0.4, 0.5) is 20.4 Å². The van der Waals surface area contributed by atoms with Crippen LogP contribution in [0.1, 0.15) is 12.8 Å². The summed E-state index contributed by atoms with van der Waals surface area (Å²) in [6, 6.07) is 0.688. The van der Waals surface area contributed by atoms with Crippen LogP contribution < -0.4 is 21.9 Å². The molecule has 1 aliphatic rings. The zero-order valence-corrected chi connectivity index (χ0v) is 10.2. The molecular weight excluding hydrogens is 256 g/mol. The fraction of sp³-hybridized carbons (Fsp3) is 0.455. The molecule has 6 nitrogen and oxygen atoms in total. The third-order valence-electron chi connectivity index (χ3n) is 2.73. The predicted molar refractivity (Wildman–Crippen MR) is 66.2 cm³/mol. The van der Waals surface area contributed by atoms with Crippen LogP contribution in [0.25, 0.3) is 0 Å². The van der Waals surface area contributed by atoms with Gasteiger partial charge in [0.25, 0.3) is 0 Å². The number of hydrogen-bond donors (Lipinski definition) is 4. The number of nitrogens with two attached hydrogens (primary N) is 1. The summed E-state index contributed by atoms with van der Waals surface area (Å²) in [5.41, 5.74) is 2.03. The summed E-state index contributed by atoms with van der Waals surface area (Å²) in [5.74, 6) is 3.15. The summed E-state index contributed by atoms with van der Waals surface area (Å²) in [7, 11) is 0. The van der Waals surface area contributed by atoms with Crippen LogP contribution in [0, 0.1) is 17.6 Å². The molecule has 0 saturated heterocycles. The van der Waals surface area contributed by atoms with E-state index in [4.69, 9.17) is 5.84 Å². The van der Waals surface area contributed by atoms with Crippen LogP contribution in [0.3, 0.4) is 0 Å². The molecule has 1 amide bonds. The van der Waals surface area contributed by atoms with Crippen molar-refractivity contribution in [2.24, 2.45) is 11.8 Å². The largest absolute Gasteiger partial charge is 0.366 e. The topological polar surface area (TPSA) is 92.1 Å².